The van der Waals surface area contributed by atoms with Crippen molar-refractivity contribution in [3.8, 4) is 0 Å². The molecule has 150 valence electrons. The molecule has 1 N–H and O–H groups in total. The first-order valence-electron chi connectivity index (χ1n) is 8.79. The molecule has 4 nitrogen and oxygen atoms in total. The van der Waals surface area contributed by atoms with Crippen molar-refractivity contribution in [3.63, 3.8) is 0 Å². The van der Waals surface area contributed by atoms with E-state index in [1.165, 1.54) is 0 Å². The number of carbonyl (C=O) groups excluding carboxylic acids is 1. The van der Waals surface area contributed by atoms with Crippen LogP contribution in [0.1, 0.15) is 51.0 Å². The fourth-order valence-electron chi connectivity index (χ4n) is 3.29. The molecule has 9 heteroatoms. The van der Waals surface area contributed by atoms with E-state index >= 15 is 4.39 Å². The smallest absolute Gasteiger partial charge is 0.353 e. The highest BCUT2D eigenvalue weighted by Crippen LogP contribution is 2.46. The van der Waals surface area contributed by atoms with Crippen molar-refractivity contribution in [1.82, 2.24) is 5.32 Å². The molecular weight excluding hydrogens is 386 g/mol. The third-order valence-corrected chi connectivity index (χ3v) is 7.81. The highest BCUT2D eigenvalue weighted by Gasteiger charge is 2.50. The third kappa shape index (κ3) is 3.83. The van der Waals surface area contributed by atoms with E-state index in [2.05, 4.69) is 5.32 Å². The second-order valence-electron chi connectivity index (χ2n) is 7.72. The lowest BCUT2D eigenvalue weighted by atomic mass is 9.92. The van der Waals surface area contributed by atoms with Gasteiger partial charge in [0.1, 0.15) is 0 Å². The van der Waals surface area contributed by atoms with Crippen molar-refractivity contribution in [2.24, 2.45) is 5.41 Å². The quantitative estimate of drug-likeness (QED) is 0.768. The van der Waals surface area contributed by atoms with Crippen LogP contribution in [0.25, 0.3) is 0 Å². The summed E-state index contributed by atoms with van der Waals surface area (Å²) in [5.41, 5.74) is -1.51. The van der Waals surface area contributed by atoms with Crippen LogP contribution in [0.4, 0.5) is 17.6 Å². The van der Waals surface area contributed by atoms with Crippen LogP contribution in [0.2, 0.25) is 0 Å². The van der Waals surface area contributed by atoms with Gasteiger partial charge in [-0.2, -0.15) is 13.2 Å². The molecule has 2 fully saturated rings. The van der Waals surface area contributed by atoms with E-state index in [9.17, 15) is 26.4 Å². The summed E-state index contributed by atoms with van der Waals surface area (Å²) in [4.78, 5) is 11.4. The third-order valence-electron chi connectivity index (χ3n) is 5.57. The maximum Gasteiger partial charge on any atom is 0.416 e. The van der Waals surface area contributed by atoms with E-state index in [-0.39, 0.29) is 43.0 Å². The molecule has 0 aromatic heterocycles. The van der Waals surface area contributed by atoms with Crippen LogP contribution in [0.5, 0.6) is 0 Å². The number of alkyl halides is 4. The summed E-state index contributed by atoms with van der Waals surface area (Å²) < 4.78 is 79.1. The first-order valence-corrected chi connectivity index (χ1v) is 10.3. The number of sulfone groups is 1. The molecule has 2 aliphatic rings. The van der Waals surface area contributed by atoms with Gasteiger partial charge in [0.15, 0.2) is 0 Å². The van der Waals surface area contributed by atoms with E-state index < -0.39 is 31.5 Å². The summed E-state index contributed by atoms with van der Waals surface area (Å²) in [6, 6.07) is 2.83. The molecule has 0 aliphatic heterocycles. The zero-order chi connectivity index (χ0) is 20.1. The Morgan fingerprint density at radius 3 is 2.26 bits per heavy atom. The Bertz CT molecular complexity index is 838. The second-order valence-corrected chi connectivity index (χ2v) is 9.93. The molecule has 2 saturated carbocycles. The SMILES string of the molecule is CC1(C(=O)NC2CCC(F)(S(=O)(=O)c3cccc(C(F)(F)F)c3)CC2)CC1. The van der Waals surface area contributed by atoms with Crippen LogP contribution in [-0.2, 0) is 20.8 Å². The van der Waals surface area contributed by atoms with Crippen molar-refractivity contribution < 1.29 is 30.8 Å². The molecule has 0 spiro atoms. The fraction of sp³-hybridized carbons (Fsp3) is 0.611. The van der Waals surface area contributed by atoms with Crippen molar-refractivity contribution in [1.29, 1.82) is 0 Å². The zero-order valence-corrected chi connectivity index (χ0v) is 15.6. The highest BCUT2D eigenvalue weighted by molar-refractivity contribution is 7.92. The molecule has 3 rings (SSSR count). The Labute approximate surface area is 155 Å². The van der Waals surface area contributed by atoms with Crippen LogP contribution in [0, 0.1) is 5.41 Å². The van der Waals surface area contributed by atoms with Gasteiger partial charge in [-0.25, -0.2) is 12.8 Å². The number of rotatable bonds is 4. The standard InChI is InChI=1S/C18H21F4NO3S/c1-16(9-10-16)15(24)23-13-5-7-17(19,8-6-13)27(25,26)14-4-2-3-12(11-14)18(20,21)22/h2-4,11,13H,5-10H2,1H3,(H,23,24). The number of hydrogen-bond donors (Lipinski definition) is 1. The topological polar surface area (TPSA) is 63.2 Å². The summed E-state index contributed by atoms with van der Waals surface area (Å²) >= 11 is 0. The van der Waals surface area contributed by atoms with Crippen molar-refractivity contribution >= 4 is 15.7 Å². The summed E-state index contributed by atoms with van der Waals surface area (Å²) in [5, 5.41) is 0.193. The monoisotopic (exact) mass is 407 g/mol. The molecule has 0 bridgehead atoms. The molecule has 0 saturated heterocycles. The van der Waals surface area contributed by atoms with Gasteiger partial charge in [-0.1, -0.05) is 13.0 Å². The van der Waals surface area contributed by atoms with E-state index in [1.807, 2.05) is 6.92 Å². The van der Waals surface area contributed by atoms with Gasteiger partial charge >= 0.3 is 6.18 Å². The highest BCUT2D eigenvalue weighted by atomic mass is 32.2. The van der Waals surface area contributed by atoms with E-state index in [4.69, 9.17) is 0 Å². The van der Waals surface area contributed by atoms with Crippen molar-refractivity contribution in [2.75, 3.05) is 0 Å². The number of nitrogens with one attached hydrogen (secondary N) is 1. The van der Waals surface area contributed by atoms with Gasteiger partial charge in [0.2, 0.25) is 20.7 Å². The van der Waals surface area contributed by atoms with Crippen LogP contribution in [-0.4, -0.2) is 25.4 Å². The summed E-state index contributed by atoms with van der Waals surface area (Å²) in [5.74, 6) is -0.111. The Kier molecular flexibility index (Phi) is 4.81. The van der Waals surface area contributed by atoms with E-state index in [0.29, 0.717) is 6.07 Å². The largest absolute Gasteiger partial charge is 0.416 e. The van der Waals surface area contributed by atoms with Gasteiger partial charge in [-0.15, -0.1) is 0 Å². The predicted molar refractivity (Wildman–Crippen MR) is 90.2 cm³/mol. The Hall–Kier alpha value is -1.64. The Balaban J connectivity index is 1.73. The summed E-state index contributed by atoms with van der Waals surface area (Å²) in [6.45, 7) is 1.84. The van der Waals surface area contributed by atoms with Crippen molar-refractivity contribution in [2.45, 2.75) is 67.6 Å². The maximum absolute atomic E-state index is 15.2. The molecule has 0 unspecified atom stereocenters. The zero-order valence-electron chi connectivity index (χ0n) is 14.8. The van der Waals surface area contributed by atoms with Gasteiger partial charge in [-0.3, -0.25) is 4.79 Å². The average molecular weight is 407 g/mol. The minimum atomic E-state index is -4.71. The first-order chi connectivity index (χ1) is 12.4. The summed E-state index contributed by atoms with van der Waals surface area (Å²) in [7, 11) is -4.59. The number of benzene rings is 1. The van der Waals surface area contributed by atoms with Crippen molar-refractivity contribution in [3.05, 3.63) is 29.8 Å². The van der Waals surface area contributed by atoms with Gasteiger partial charge in [0, 0.05) is 11.5 Å². The normalized spacial score (nSPS) is 27.8. The molecular formula is C18H21F4NO3S. The fourth-order valence-corrected chi connectivity index (χ4v) is 5.02. The molecule has 27 heavy (non-hydrogen) atoms. The van der Waals surface area contributed by atoms with Gasteiger partial charge in [0.05, 0.1) is 10.5 Å². The molecule has 1 aromatic rings. The van der Waals surface area contributed by atoms with E-state index in [1.54, 1.807) is 0 Å². The van der Waals surface area contributed by atoms with Gasteiger partial charge < -0.3 is 5.32 Å². The second kappa shape index (κ2) is 6.46. The number of hydrogen-bond acceptors (Lipinski definition) is 3. The van der Waals surface area contributed by atoms with Crippen LogP contribution in [0.15, 0.2) is 29.2 Å². The predicted octanol–water partition coefficient (Wildman–Crippen LogP) is 4.00. The van der Waals surface area contributed by atoms with E-state index in [0.717, 1.165) is 31.0 Å². The number of amides is 1. The lowest BCUT2D eigenvalue weighted by molar-refractivity contribution is -0.137. The van der Waals surface area contributed by atoms with Crippen LogP contribution < -0.4 is 5.32 Å². The average Bonchev–Trinajstić information content (AvgIpc) is 3.35. The minimum Gasteiger partial charge on any atom is -0.353 e. The lowest BCUT2D eigenvalue weighted by Gasteiger charge is -2.34. The molecule has 1 amide bonds. The van der Waals surface area contributed by atoms with Gasteiger partial charge in [-0.05, 0) is 56.7 Å². The molecule has 1 aromatic carbocycles. The molecule has 0 atom stereocenters. The maximum atomic E-state index is 15.2. The van der Waals surface area contributed by atoms with Gasteiger partial charge in [0.25, 0.3) is 0 Å². The summed E-state index contributed by atoms with van der Waals surface area (Å²) in [6.07, 6.45) is -3.62. The van der Waals surface area contributed by atoms with Crippen LogP contribution in [0.3, 0.4) is 0 Å². The van der Waals surface area contributed by atoms with Crippen LogP contribution >= 0.6 is 0 Å². The molecule has 2 aliphatic carbocycles. The molecule has 0 heterocycles. The Morgan fingerprint density at radius 2 is 1.74 bits per heavy atom. The minimum absolute atomic E-state index is 0.111. The molecule has 0 radical (unpaired) electrons. The number of carbonyl (C=O) groups is 1. The first kappa shape index (κ1) is 20.1. The Morgan fingerprint density at radius 1 is 1.15 bits per heavy atom. The number of halogens is 4. The lowest BCUT2D eigenvalue weighted by Crippen LogP contribution is -2.46.